The highest BCUT2D eigenvalue weighted by Gasteiger charge is 2.17. The molecule has 0 saturated heterocycles. The SMILES string of the molecule is CCCCCC(C)(C)CNc1ncc(C)cc1N. The monoisotopic (exact) mass is 249 g/mol. The van der Waals surface area contributed by atoms with E-state index in [1.54, 1.807) is 0 Å². The van der Waals surface area contributed by atoms with E-state index >= 15 is 0 Å². The Balaban J connectivity index is 2.48. The number of hydrogen-bond acceptors (Lipinski definition) is 3. The molecule has 0 aliphatic heterocycles. The molecule has 0 amide bonds. The molecular formula is C15H27N3. The van der Waals surface area contributed by atoms with Crippen molar-refractivity contribution in [1.29, 1.82) is 0 Å². The summed E-state index contributed by atoms with van der Waals surface area (Å²) >= 11 is 0. The topological polar surface area (TPSA) is 50.9 Å². The molecule has 1 heterocycles. The number of hydrogen-bond donors (Lipinski definition) is 2. The number of anilines is 2. The van der Waals surface area contributed by atoms with Crippen LogP contribution in [0.5, 0.6) is 0 Å². The third kappa shape index (κ3) is 4.94. The van der Waals surface area contributed by atoms with Crippen molar-refractivity contribution >= 4 is 11.5 Å². The lowest BCUT2D eigenvalue weighted by molar-refractivity contribution is 0.342. The minimum absolute atomic E-state index is 0.286. The largest absolute Gasteiger partial charge is 0.396 e. The summed E-state index contributed by atoms with van der Waals surface area (Å²) in [5.74, 6) is 0.809. The normalized spacial score (nSPS) is 11.6. The first-order valence-corrected chi connectivity index (χ1v) is 6.90. The number of aryl methyl sites for hydroxylation is 1. The molecule has 0 aromatic carbocycles. The molecule has 0 spiro atoms. The Morgan fingerprint density at radius 3 is 2.67 bits per heavy atom. The van der Waals surface area contributed by atoms with Gasteiger partial charge < -0.3 is 11.1 Å². The maximum atomic E-state index is 5.95. The lowest BCUT2D eigenvalue weighted by Crippen LogP contribution is -2.23. The average Bonchev–Trinajstić information content (AvgIpc) is 2.28. The van der Waals surface area contributed by atoms with Crippen LogP contribution < -0.4 is 11.1 Å². The van der Waals surface area contributed by atoms with Gasteiger partial charge in [-0.05, 0) is 30.4 Å². The number of nitrogens with zero attached hydrogens (tertiary/aromatic N) is 1. The second kappa shape index (κ2) is 6.62. The Labute approximate surface area is 111 Å². The van der Waals surface area contributed by atoms with Crippen molar-refractivity contribution in [3.63, 3.8) is 0 Å². The van der Waals surface area contributed by atoms with E-state index in [9.17, 15) is 0 Å². The van der Waals surface area contributed by atoms with Crippen LogP contribution in [0, 0.1) is 12.3 Å². The maximum Gasteiger partial charge on any atom is 0.149 e. The smallest absolute Gasteiger partial charge is 0.149 e. The fraction of sp³-hybridized carbons (Fsp3) is 0.667. The Kier molecular flexibility index (Phi) is 5.45. The van der Waals surface area contributed by atoms with Gasteiger partial charge in [0.2, 0.25) is 0 Å². The van der Waals surface area contributed by atoms with Gasteiger partial charge in [0.1, 0.15) is 5.82 Å². The molecule has 1 aromatic heterocycles. The van der Waals surface area contributed by atoms with Crippen molar-refractivity contribution in [2.75, 3.05) is 17.6 Å². The summed E-state index contributed by atoms with van der Waals surface area (Å²) in [6, 6.07) is 1.96. The van der Waals surface area contributed by atoms with Gasteiger partial charge in [-0.2, -0.15) is 0 Å². The van der Waals surface area contributed by atoms with Crippen LogP contribution in [-0.4, -0.2) is 11.5 Å². The number of nitrogen functional groups attached to an aromatic ring is 1. The van der Waals surface area contributed by atoms with E-state index < -0.39 is 0 Å². The summed E-state index contributed by atoms with van der Waals surface area (Å²) in [6.45, 7) is 9.74. The molecule has 0 unspecified atom stereocenters. The Hall–Kier alpha value is -1.25. The Morgan fingerprint density at radius 2 is 2.06 bits per heavy atom. The lowest BCUT2D eigenvalue weighted by atomic mass is 9.87. The molecule has 0 atom stereocenters. The number of nitrogens with two attached hydrogens (primary N) is 1. The summed E-state index contributed by atoms with van der Waals surface area (Å²) < 4.78 is 0. The average molecular weight is 249 g/mol. The van der Waals surface area contributed by atoms with Crippen molar-refractivity contribution in [3.8, 4) is 0 Å². The van der Waals surface area contributed by atoms with Crippen LogP contribution in [0.2, 0.25) is 0 Å². The van der Waals surface area contributed by atoms with Crippen LogP contribution in [0.25, 0.3) is 0 Å². The van der Waals surface area contributed by atoms with E-state index in [1.807, 2.05) is 19.2 Å². The van der Waals surface area contributed by atoms with E-state index in [-0.39, 0.29) is 5.41 Å². The molecule has 0 aliphatic carbocycles. The lowest BCUT2D eigenvalue weighted by Gasteiger charge is -2.25. The molecule has 0 aliphatic rings. The third-order valence-electron chi connectivity index (χ3n) is 3.25. The highest BCUT2D eigenvalue weighted by Crippen LogP contribution is 2.25. The van der Waals surface area contributed by atoms with E-state index in [0.717, 1.165) is 23.6 Å². The van der Waals surface area contributed by atoms with Crippen molar-refractivity contribution in [1.82, 2.24) is 4.98 Å². The van der Waals surface area contributed by atoms with Crippen molar-refractivity contribution in [3.05, 3.63) is 17.8 Å². The highest BCUT2D eigenvalue weighted by atomic mass is 15.0. The van der Waals surface area contributed by atoms with Crippen LogP contribution >= 0.6 is 0 Å². The molecule has 0 bridgehead atoms. The summed E-state index contributed by atoms with van der Waals surface area (Å²) in [7, 11) is 0. The van der Waals surface area contributed by atoms with Gasteiger partial charge in [-0.25, -0.2) is 4.98 Å². The second-order valence-electron chi connectivity index (χ2n) is 5.93. The van der Waals surface area contributed by atoms with Gasteiger partial charge in [0.25, 0.3) is 0 Å². The summed E-state index contributed by atoms with van der Waals surface area (Å²) in [6.07, 6.45) is 6.97. The summed E-state index contributed by atoms with van der Waals surface area (Å²) in [5.41, 5.74) is 8.07. The number of pyridine rings is 1. The zero-order chi connectivity index (χ0) is 13.6. The zero-order valence-electron chi connectivity index (χ0n) is 12.2. The Morgan fingerprint density at radius 1 is 1.33 bits per heavy atom. The molecule has 0 saturated carbocycles. The van der Waals surface area contributed by atoms with Gasteiger partial charge in [0.15, 0.2) is 0 Å². The van der Waals surface area contributed by atoms with Crippen LogP contribution in [0.15, 0.2) is 12.3 Å². The Bertz CT molecular complexity index is 372. The summed E-state index contributed by atoms with van der Waals surface area (Å²) in [4.78, 5) is 4.34. The summed E-state index contributed by atoms with van der Waals surface area (Å²) in [5, 5.41) is 3.37. The van der Waals surface area contributed by atoms with Gasteiger partial charge in [0.05, 0.1) is 5.69 Å². The first-order valence-electron chi connectivity index (χ1n) is 6.90. The van der Waals surface area contributed by atoms with Crippen LogP contribution in [0.1, 0.15) is 52.0 Å². The minimum atomic E-state index is 0.286. The van der Waals surface area contributed by atoms with Crippen LogP contribution in [-0.2, 0) is 0 Å². The van der Waals surface area contributed by atoms with Gasteiger partial charge in [-0.3, -0.25) is 0 Å². The molecule has 1 aromatic rings. The second-order valence-corrected chi connectivity index (χ2v) is 5.93. The van der Waals surface area contributed by atoms with Gasteiger partial charge in [-0.1, -0.05) is 40.0 Å². The predicted molar refractivity (Wildman–Crippen MR) is 79.8 cm³/mol. The van der Waals surface area contributed by atoms with Crippen LogP contribution in [0.4, 0.5) is 11.5 Å². The van der Waals surface area contributed by atoms with Gasteiger partial charge >= 0.3 is 0 Å². The molecule has 3 N–H and O–H groups in total. The minimum Gasteiger partial charge on any atom is -0.396 e. The zero-order valence-corrected chi connectivity index (χ0v) is 12.2. The van der Waals surface area contributed by atoms with Crippen molar-refractivity contribution < 1.29 is 0 Å². The molecule has 3 heteroatoms. The molecular weight excluding hydrogens is 222 g/mol. The quantitative estimate of drug-likeness (QED) is 0.718. The number of nitrogens with one attached hydrogen (secondary N) is 1. The van der Waals surface area contributed by atoms with Crippen molar-refractivity contribution in [2.24, 2.45) is 5.41 Å². The molecule has 0 radical (unpaired) electrons. The van der Waals surface area contributed by atoms with E-state index in [2.05, 4.69) is 31.1 Å². The van der Waals surface area contributed by atoms with Gasteiger partial charge in [0, 0.05) is 12.7 Å². The fourth-order valence-corrected chi connectivity index (χ4v) is 2.00. The van der Waals surface area contributed by atoms with E-state index in [4.69, 9.17) is 5.73 Å². The predicted octanol–water partition coefficient (Wildman–Crippen LogP) is 3.99. The number of aromatic nitrogens is 1. The first kappa shape index (κ1) is 14.8. The maximum absolute atomic E-state index is 5.95. The number of unbranched alkanes of at least 4 members (excludes halogenated alkanes) is 2. The standard InChI is InChI=1S/C15H27N3/c1-5-6-7-8-15(3,4)11-18-14-13(16)9-12(2)10-17-14/h9-10H,5-8,11,16H2,1-4H3,(H,17,18). The molecule has 1 rings (SSSR count). The number of rotatable bonds is 7. The molecule has 0 fully saturated rings. The molecule has 102 valence electrons. The molecule has 18 heavy (non-hydrogen) atoms. The highest BCUT2D eigenvalue weighted by molar-refractivity contribution is 5.61. The third-order valence-corrected chi connectivity index (χ3v) is 3.25. The fourth-order valence-electron chi connectivity index (χ4n) is 2.00. The van der Waals surface area contributed by atoms with E-state index in [1.165, 1.54) is 25.7 Å². The van der Waals surface area contributed by atoms with Crippen molar-refractivity contribution in [2.45, 2.75) is 53.4 Å². The van der Waals surface area contributed by atoms with Crippen LogP contribution in [0.3, 0.4) is 0 Å². The van der Waals surface area contributed by atoms with E-state index in [0.29, 0.717) is 0 Å². The van der Waals surface area contributed by atoms with Gasteiger partial charge in [-0.15, -0.1) is 0 Å². The molecule has 3 nitrogen and oxygen atoms in total. The first-order chi connectivity index (χ1) is 8.44.